The Kier molecular flexibility index (Phi) is 7.96. The molecular weight excluding hydrogens is 178 g/mol. The van der Waals surface area contributed by atoms with Crippen molar-refractivity contribution in [1.29, 1.82) is 0 Å². The van der Waals surface area contributed by atoms with Crippen molar-refractivity contribution < 1.29 is 9.53 Å². The molecule has 0 aromatic rings. The first kappa shape index (κ1) is 13.0. The molecule has 0 fully saturated rings. The Balaban J connectivity index is 3.68. The second-order valence-corrected chi connectivity index (χ2v) is 2.98. The summed E-state index contributed by atoms with van der Waals surface area (Å²) in [7, 11) is 0. The lowest BCUT2D eigenvalue weighted by Gasteiger charge is -2.18. The van der Waals surface area contributed by atoms with Crippen molar-refractivity contribution in [3.05, 3.63) is 0 Å². The van der Waals surface area contributed by atoms with E-state index in [4.69, 9.17) is 11.2 Å². The van der Waals surface area contributed by atoms with Crippen molar-refractivity contribution in [3.63, 3.8) is 0 Å². The van der Waals surface area contributed by atoms with Crippen LogP contribution < -0.4 is 0 Å². The first-order chi connectivity index (χ1) is 6.74. The maximum Gasteiger partial charge on any atom is 0.320 e. The molecule has 0 atom stereocenters. The van der Waals surface area contributed by atoms with Gasteiger partial charge in [0.2, 0.25) is 0 Å². The van der Waals surface area contributed by atoms with E-state index < -0.39 is 0 Å². The average Bonchev–Trinajstić information content (AvgIpc) is 2.17. The molecule has 0 saturated carbocycles. The number of esters is 1. The van der Waals surface area contributed by atoms with Gasteiger partial charge in [-0.05, 0) is 26.4 Å². The Morgan fingerprint density at radius 3 is 2.71 bits per heavy atom. The van der Waals surface area contributed by atoms with Crippen LogP contribution in [0.5, 0.6) is 0 Å². The third-order valence-corrected chi connectivity index (χ3v) is 1.90. The van der Waals surface area contributed by atoms with Gasteiger partial charge in [-0.3, -0.25) is 9.69 Å². The molecule has 0 unspecified atom stereocenters. The van der Waals surface area contributed by atoms with Crippen molar-refractivity contribution in [2.45, 2.75) is 26.7 Å². The first-order valence-electron chi connectivity index (χ1n) is 5.06. The van der Waals surface area contributed by atoms with Gasteiger partial charge >= 0.3 is 5.97 Å². The quantitative estimate of drug-likeness (QED) is 0.350. The zero-order chi connectivity index (χ0) is 10.8. The van der Waals surface area contributed by atoms with E-state index in [1.165, 1.54) is 0 Å². The van der Waals surface area contributed by atoms with Crippen LogP contribution in [0.2, 0.25) is 0 Å². The third-order valence-electron chi connectivity index (χ3n) is 1.90. The number of unbranched alkanes of at least 4 members (excludes halogenated alkanes) is 1. The molecule has 0 aromatic carbocycles. The largest absolute Gasteiger partial charge is 0.465 e. The van der Waals surface area contributed by atoms with E-state index in [9.17, 15) is 4.79 Å². The topological polar surface area (TPSA) is 29.5 Å². The molecule has 0 bridgehead atoms. The molecule has 3 nitrogen and oxygen atoms in total. The van der Waals surface area contributed by atoms with Gasteiger partial charge in [-0.2, -0.15) is 0 Å². The number of carbonyl (C=O) groups is 1. The Hall–Kier alpha value is -1.01. The highest BCUT2D eigenvalue weighted by molar-refractivity contribution is 5.71. The predicted octanol–water partition coefficient (Wildman–Crippen LogP) is 1.28. The van der Waals surface area contributed by atoms with Crippen molar-refractivity contribution in [3.8, 4) is 12.3 Å². The van der Waals surface area contributed by atoms with Crippen LogP contribution in [-0.2, 0) is 9.53 Å². The molecule has 0 rings (SSSR count). The van der Waals surface area contributed by atoms with Gasteiger partial charge < -0.3 is 4.74 Å². The maximum atomic E-state index is 11.1. The SMILES string of the molecule is C#CCCCN(CC)CC(=O)OCC. The molecular formula is C11H19NO2. The van der Waals surface area contributed by atoms with E-state index in [0.29, 0.717) is 13.2 Å². The van der Waals surface area contributed by atoms with Crippen molar-refractivity contribution in [2.24, 2.45) is 0 Å². The lowest BCUT2D eigenvalue weighted by Crippen LogP contribution is -2.31. The average molecular weight is 197 g/mol. The second kappa shape index (κ2) is 8.58. The van der Waals surface area contributed by atoms with Crippen LogP contribution in [-0.4, -0.2) is 37.1 Å². The highest BCUT2D eigenvalue weighted by Crippen LogP contribution is 1.95. The highest BCUT2D eigenvalue weighted by atomic mass is 16.5. The zero-order valence-corrected chi connectivity index (χ0v) is 9.08. The molecule has 3 heteroatoms. The summed E-state index contributed by atoms with van der Waals surface area (Å²) >= 11 is 0. The fourth-order valence-corrected chi connectivity index (χ4v) is 1.14. The van der Waals surface area contributed by atoms with Crippen LogP contribution in [0, 0.1) is 12.3 Å². The smallest absolute Gasteiger partial charge is 0.320 e. The van der Waals surface area contributed by atoms with Crippen LogP contribution in [0.3, 0.4) is 0 Å². The molecule has 0 aromatic heterocycles. The summed E-state index contributed by atoms with van der Waals surface area (Å²) in [6.45, 7) is 6.36. The van der Waals surface area contributed by atoms with Crippen molar-refractivity contribution >= 4 is 5.97 Å². The first-order valence-corrected chi connectivity index (χ1v) is 5.06. The summed E-state index contributed by atoms with van der Waals surface area (Å²) in [5.41, 5.74) is 0. The minimum Gasteiger partial charge on any atom is -0.465 e. The van der Waals surface area contributed by atoms with Crippen molar-refractivity contribution in [2.75, 3.05) is 26.2 Å². The van der Waals surface area contributed by atoms with Gasteiger partial charge in [0, 0.05) is 6.42 Å². The van der Waals surface area contributed by atoms with Gasteiger partial charge in [-0.15, -0.1) is 12.3 Å². The number of carbonyl (C=O) groups excluding carboxylic acids is 1. The Bertz CT molecular complexity index is 196. The predicted molar refractivity (Wildman–Crippen MR) is 56.8 cm³/mol. The van der Waals surface area contributed by atoms with Crippen LogP contribution in [0.15, 0.2) is 0 Å². The van der Waals surface area contributed by atoms with Gasteiger partial charge in [-0.1, -0.05) is 6.92 Å². The maximum absolute atomic E-state index is 11.1. The molecule has 0 aliphatic rings. The molecule has 0 aliphatic carbocycles. The monoisotopic (exact) mass is 197 g/mol. The summed E-state index contributed by atoms with van der Waals surface area (Å²) in [5.74, 6) is 2.43. The van der Waals surface area contributed by atoms with Crippen molar-refractivity contribution in [1.82, 2.24) is 4.90 Å². The number of terminal acetylenes is 1. The number of hydrogen-bond donors (Lipinski definition) is 0. The standard InChI is InChI=1S/C11H19NO2/c1-4-7-8-9-12(5-2)10-11(13)14-6-3/h1H,5-10H2,2-3H3. The zero-order valence-electron chi connectivity index (χ0n) is 9.08. The summed E-state index contributed by atoms with van der Waals surface area (Å²) in [5, 5.41) is 0. The van der Waals surface area contributed by atoms with E-state index >= 15 is 0 Å². The lowest BCUT2D eigenvalue weighted by molar-refractivity contribution is -0.144. The molecule has 0 aliphatic heterocycles. The summed E-state index contributed by atoms with van der Waals surface area (Å²) in [6.07, 6.45) is 6.84. The van der Waals surface area contributed by atoms with E-state index in [1.807, 2.05) is 18.7 Å². The van der Waals surface area contributed by atoms with E-state index in [1.54, 1.807) is 0 Å². The van der Waals surface area contributed by atoms with Crippen LogP contribution in [0.1, 0.15) is 26.7 Å². The molecule has 0 saturated heterocycles. The summed E-state index contributed by atoms with van der Waals surface area (Å²) < 4.78 is 4.86. The molecule has 80 valence electrons. The Labute approximate surface area is 86.4 Å². The Morgan fingerprint density at radius 1 is 1.50 bits per heavy atom. The number of hydrogen-bond acceptors (Lipinski definition) is 3. The van der Waals surface area contributed by atoms with Gasteiger partial charge in [0.05, 0.1) is 13.2 Å². The third kappa shape index (κ3) is 6.50. The van der Waals surface area contributed by atoms with E-state index in [-0.39, 0.29) is 5.97 Å². The molecule has 0 N–H and O–H groups in total. The summed E-state index contributed by atoms with van der Waals surface area (Å²) in [4.78, 5) is 13.2. The van der Waals surface area contributed by atoms with Gasteiger partial charge in [0.15, 0.2) is 0 Å². The normalized spacial score (nSPS) is 9.86. The number of likely N-dealkylation sites (N-methyl/N-ethyl adjacent to an activating group) is 1. The molecule has 0 radical (unpaired) electrons. The molecule has 0 heterocycles. The number of ether oxygens (including phenoxy) is 1. The van der Waals surface area contributed by atoms with Gasteiger partial charge in [0.25, 0.3) is 0 Å². The fourth-order valence-electron chi connectivity index (χ4n) is 1.14. The fraction of sp³-hybridized carbons (Fsp3) is 0.727. The highest BCUT2D eigenvalue weighted by Gasteiger charge is 2.08. The lowest BCUT2D eigenvalue weighted by atomic mass is 10.3. The number of nitrogens with zero attached hydrogens (tertiary/aromatic N) is 1. The Morgan fingerprint density at radius 2 is 2.21 bits per heavy atom. The molecule has 0 amide bonds. The molecule has 0 spiro atoms. The van der Waals surface area contributed by atoms with Crippen LogP contribution >= 0.6 is 0 Å². The number of rotatable bonds is 7. The molecule has 14 heavy (non-hydrogen) atoms. The van der Waals surface area contributed by atoms with Gasteiger partial charge in [-0.25, -0.2) is 0 Å². The van der Waals surface area contributed by atoms with E-state index in [2.05, 4.69) is 5.92 Å². The van der Waals surface area contributed by atoms with Crippen LogP contribution in [0.25, 0.3) is 0 Å². The van der Waals surface area contributed by atoms with Gasteiger partial charge in [0.1, 0.15) is 0 Å². The minimum atomic E-state index is -0.157. The minimum absolute atomic E-state index is 0.157. The summed E-state index contributed by atoms with van der Waals surface area (Å²) in [6, 6.07) is 0. The van der Waals surface area contributed by atoms with Crippen LogP contribution in [0.4, 0.5) is 0 Å². The van der Waals surface area contributed by atoms with E-state index in [0.717, 1.165) is 25.9 Å². The second-order valence-electron chi connectivity index (χ2n) is 2.98.